The summed E-state index contributed by atoms with van der Waals surface area (Å²) < 4.78 is 6.78. The van der Waals surface area contributed by atoms with Crippen molar-refractivity contribution in [3.8, 4) is 5.69 Å². The lowest BCUT2D eigenvalue weighted by Crippen LogP contribution is -2.07. The number of halogens is 2. The van der Waals surface area contributed by atoms with Gasteiger partial charge < -0.3 is 10.5 Å². The minimum atomic E-state index is -0.520. The molecule has 100 valence electrons. The largest absolute Gasteiger partial charge is 0.461 e. The number of nitrogens with two attached hydrogens (primary N) is 1. The zero-order valence-electron chi connectivity index (χ0n) is 10.1. The molecule has 0 aliphatic carbocycles. The molecule has 0 aliphatic rings. The van der Waals surface area contributed by atoms with Crippen molar-refractivity contribution >= 4 is 39.3 Å². The predicted octanol–water partition coefficient (Wildman–Crippen LogP) is 3.05. The van der Waals surface area contributed by atoms with Gasteiger partial charge in [0.2, 0.25) is 0 Å². The molecule has 0 fully saturated rings. The van der Waals surface area contributed by atoms with Gasteiger partial charge in [-0.05, 0) is 47.1 Å². The number of nitrogen functional groups attached to an aromatic ring is 1. The van der Waals surface area contributed by atoms with Crippen LogP contribution < -0.4 is 5.73 Å². The fourth-order valence-corrected chi connectivity index (χ4v) is 2.06. The molecule has 1 heterocycles. The van der Waals surface area contributed by atoms with Gasteiger partial charge in [-0.2, -0.15) is 5.10 Å². The van der Waals surface area contributed by atoms with E-state index in [0.717, 1.165) is 0 Å². The summed E-state index contributed by atoms with van der Waals surface area (Å²) in [4.78, 5) is 11.7. The summed E-state index contributed by atoms with van der Waals surface area (Å²) in [6, 6.07) is 6.95. The first-order valence-corrected chi connectivity index (χ1v) is 6.68. The summed E-state index contributed by atoms with van der Waals surface area (Å²) >= 11 is 9.07. The summed E-state index contributed by atoms with van der Waals surface area (Å²) in [6.07, 6.45) is 0. The molecule has 0 bridgehead atoms. The molecule has 0 atom stereocenters. The number of benzene rings is 1. The van der Waals surface area contributed by atoms with E-state index >= 15 is 0 Å². The van der Waals surface area contributed by atoms with E-state index in [9.17, 15) is 4.79 Å². The van der Waals surface area contributed by atoms with Crippen LogP contribution in [0.25, 0.3) is 5.69 Å². The zero-order chi connectivity index (χ0) is 14.0. The van der Waals surface area contributed by atoms with Crippen LogP contribution in [-0.2, 0) is 4.74 Å². The van der Waals surface area contributed by atoms with E-state index in [1.54, 1.807) is 31.2 Å². The fourth-order valence-electron chi connectivity index (χ4n) is 1.52. The third-order valence-corrected chi connectivity index (χ3v) is 3.43. The highest BCUT2D eigenvalue weighted by atomic mass is 79.9. The molecule has 0 aliphatic heterocycles. The number of ether oxygens (including phenoxy) is 1. The number of rotatable bonds is 3. The maximum atomic E-state index is 11.7. The number of aromatic nitrogens is 2. The van der Waals surface area contributed by atoms with E-state index < -0.39 is 5.97 Å². The molecule has 1 aromatic carbocycles. The third-order valence-electron chi connectivity index (χ3n) is 2.40. The van der Waals surface area contributed by atoms with Crippen LogP contribution in [0.2, 0.25) is 5.02 Å². The summed E-state index contributed by atoms with van der Waals surface area (Å²) in [5.41, 5.74) is 6.77. The van der Waals surface area contributed by atoms with Crippen LogP contribution in [0.1, 0.15) is 17.4 Å². The Balaban J connectivity index is 2.45. The van der Waals surface area contributed by atoms with Crippen LogP contribution in [0.15, 0.2) is 28.7 Å². The number of nitrogens with zero attached hydrogens (tertiary/aromatic N) is 2. The Kier molecular flexibility index (Phi) is 4.11. The normalized spacial score (nSPS) is 10.5. The van der Waals surface area contributed by atoms with E-state index in [2.05, 4.69) is 21.0 Å². The van der Waals surface area contributed by atoms with Crippen LogP contribution in [0, 0.1) is 0 Å². The van der Waals surface area contributed by atoms with Crippen molar-refractivity contribution in [1.82, 2.24) is 9.78 Å². The van der Waals surface area contributed by atoms with Crippen molar-refractivity contribution in [2.75, 3.05) is 12.3 Å². The third kappa shape index (κ3) is 2.74. The molecule has 19 heavy (non-hydrogen) atoms. The Morgan fingerprint density at radius 2 is 2.11 bits per heavy atom. The van der Waals surface area contributed by atoms with Crippen LogP contribution >= 0.6 is 27.5 Å². The summed E-state index contributed by atoms with van der Waals surface area (Å²) in [5, 5.41) is 4.77. The van der Waals surface area contributed by atoms with Gasteiger partial charge in [-0.3, -0.25) is 0 Å². The zero-order valence-corrected chi connectivity index (χ0v) is 12.4. The number of hydrogen-bond donors (Lipinski definition) is 1. The predicted molar refractivity (Wildman–Crippen MR) is 76.6 cm³/mol. The van der Waals surface area contributed by atoms with Crippen molar-refractivity contribution in [3.05, 3.63) is 39.5 Å². The SMILES string of the molecule is CCOC(=O)c1nn(-c2ccc(Cl)cc2)c(N)c1Br. The molecule has 0 radical (unpaired) electrons. The first kappa shape index (κ1) is 13.9. The van der Waals surface area contributed by atoms with Gasteiger partial charge in [-0.25, -0.2) is 9.48 Å². The number of carbonyl (C=O) groups is 1. The van der Waals surface area contributed by atoms with Crippen LogP contribution in [0.3, 0.4) is 0 Å². The van der Waals surface area contributed by atoms with Gasteiger partial charge in [0.05, 0.1) is 16.8 Å². The molecule has 7 heteroatoms. The topological polar surface area (TPSA) is 70.1 Å². The Hall–Kier alpha value is -1.53. The minimum Gasteiger partial charge on any atom is -0.461 e. The van der Waals surface area contributed by atoms with Gasteiger partial charge in [-0.15, -0.1) is 0 Å². The maximum Gasteiger partial charge on any atom is 0.360 e. The number of esters is 1. The highest BCUT2D eigenvalue weighted by molar-refractivity contribution is 9.10. The first-order chi connectivity index (χ1) is 9.04. The molecule has 0 saturated heterocycles. The average molecular weight is 345 g/mol. The number of hydrogen-bond acceptors (Lipinski definition) is 4. The van der Waals surface area contributed by atoms with Crippen molar-refractivity contribution in [2.24, 2.45) is 0 Å². The van der Waals surface area contributed by atoms with E-state index in [1.165, 1.54) is 4.68 Å². The Morgan fingerprint density at radius 3 is 2.68 bits per heavy atom. The molecule has 5 nitrogen and oxygen atoms in total. The van der Waals surface area contributed by atoms with Crippen LogP contribution in [0.4, 0.5) is 5.82 Å². The van der Waals surface area contributed by atoms with Gasteiger partial charge in [0.1, 0.15) is 5.82 Å². The number of anilines is 1. The lowest BCUT2D eigenvalue weighted by atomic mass is 10.3. The molecule has 2 N–H and O–H groups in total. The molecule has 2 rings (SSSR count). The highest BCUT2D eigenvalue weighted by Crippen LogP contribution is 2.27. The standard InChI is InChI=1S/C12H11BrClN3O2/c1-2-19-12(18)10-9(13)11(15)17(16-10)8-5-3-7(14)4-6-8/h3-6H,2,15H2,1H3. The average Bonchev–Trinajstić information content (AvgIpc) is 2.68. The smallest absolute Gasteiger partial charge is 0.360 e. The Labute approximate surface area is 123 Å². The lowest BCUT2D eigenvalue weighted by Gasteiger charge is -2.03. The summed E-state index contributed by atoms with van der Waals surface area (Å²) in [6.45, 7) is 2.00. The Morgan fingerprint density at radius 1 is 1.47 bits per heavy atom. The molecular weight excluding hydrogens is 334 g/mol. The monoisotopic (exact) mass is 343 g/mol. The van der Waals surface area contributed by atoms with Crippen molar-refractivity contribution < 1.29 is 9.53 Å². The number of carbonyl (C=O) groups excluding carboxylic acids is 1. The lowest BCUT2D eigenvalue weighted by molar-refractivity contribution is 0.0518. The molecule has 0 amide bonds. The van der Waals surface area contributed by atoms with E-state index in [0.29, 0.717) is 21.0 Å². The molecular formula is C12H11BrClN3O2. The second-order valence-corrected chi connectivity index (χ2v) is 4.89. The van der Waals surface area contributed by atoms with E-state index in [4.69, 9.17) is 22.1 Å². The maximum absolute atomic E-state index is 11.7. The van der Waals surface area contributed by atoms with Crippen LogP contribution in [-0.4, -0.2) is 22.4 Å². The van der Waals surface area contributed by atoms with Crippen molar-refractivity contribution in [3.63, 3.8) is 0 Å². The summed E-state index contributed by atoms with van der Waals surface area (Å²) in [5.74, 6) is -0.195. The first-order valence-electron chi connectivity index (χ1n) is 5.51. The van der Waals surface area contributed by atoms with Crippen molar-refractivity contribution in [2.45, 2.75) is 6.92 Å². The molecule has 1 aromatic heterocycles. The van der Waals surface area contributed by atoms with Gasteiger partial charge in [0.25, 0.3) is 0 Å². The Bertz CT molecular complexity index is 610. The summed E-state index contributed by atoms with van der Waals surface area (Å²) in [7, 11) is 0. The van der Waals surface area contributed by atoms with E-state index in [-0.39, 0.29) is 12.3 Å². The highest BCUT2D eigenvalue weighted by Gasteiger charge is 2.21. The molecule has 0 unspecified atom stereocenters. The van der Waals surface area contributed by atoms with Crippen molar-refractivity contribution in [1.29, 1.82) is 0 Å². The minimum absolute atomic E-state index is 0.147. The van der Waals surface area contributed by atoms with Gasteiger partial charge >= 0.3 is 5.97 Å². The second-order valence-electron chi connectivity index (χ2n) is 3.66. The van der Waals surface area contributed by atoms with Gasteiger partial charge in [0, 0.05) is 5.02 Å². The fraction of sp³-hybridized carbons (Fsp3) is 0.167. The van der Waals surface area contributed by atoms with Gasteiger partial charge in [-0.1, -0.05) is 11.6 Å². The molecule has 0 saturated carbocycles. The second kappa shape index (κ2) is 5.63. The molecule has 2 aromatic rings. The van der Waals surface area contributed by atoms with Gasteiger partial charge in [0.15, 0.2) is 5.69 Å². The quantitative estimate of drug-likeness (QED) is 0.869. The van der Waals surface area contributed by atoms with Crippen LogP contribution in [0.5, 0.6) is 0 Å². The van der Waals surface area contributed by atoms with E-state index in [1.807, 2.05) is 0 Å². The molecule has 0 spiro atoms.